The van der Waals surface area contributed by atoms with Gasteiger partial charge in [-0.1, -0.05) is 6.92 Å². The van der Waals surface area contributed by atoms with Gasteiger partial charge in [0.05, 0.1) is 13.2 Å². The summed E-state index contributed by atoms with van der Waals surface area (Å²) < 4.78 is 5.39. The van der Waals surface area contributed by atoms with Crippen molar-refractivity contribution in [2.24, 2.45) is 0 Å². The van der Waals surface area contributed by atoms with E-state index in [1.54, 1.807) is 0 Å². The lowest BCUT2D eigenvalue weighted by atomic mass is 10.1. The zero-order valence-electron chi connectivity index (χ0n) is 12.5. The van der Waals surface area contributed by atoms with Gasteiger partial charge in [0.25, 0.3) is 0 Å². The Balaban J connectivity index is 1.85. The van der Waals surface area contributed by atoms with Gasteiger partial charge in [-0.2, -0.15) is 0 Å². The van der Waals surface area contributed by atoms with Crippen molar-refractivity contribution in [3.63, 3.8) is 0 Å². The molecule has 1 saturated heterocycles. The molecule has 0 atom stereocenters. The van der Waals surface area contributed by atoms with Crippen LogP contribution in [0.2, 0.25) is 0 Å². The summed E-state index contributed by atoms with van der Waals surface area (Å²) in [5.41, 5.74) is 0.770. The van der Waals surface area contributed by atoms with Gasteiger partial charge in [-0.3, -0.25) is 9.69 Å². The van der Waals surface area contributed by atoms with Gasteiger partial charge in [-0.05, 0) is 37.7 Å². The maximum absolute atomic E-state index is 12.2. The normalized spacial score (nSPS) is 17.1. The van der Waals surface area contributed by atoms with E-state index in [9.17, 15) is 4.79 Å². The molecule has 0 aliphatic carbocycles. The quantitative estimate of drug-likeness (QED) is 0.743. The lowest BCUT2D eigenvalue weighted by Crippen LogP contribution is -2.47. The second-order valence-corrected chi connectivity index (χ2v) is 5.09. The topological polar surface area (TPSA) is 32.8 Å². The summed E-state index contributed by atoms with van der Waals surface area (Å²) in [6.07, 6.45) is 0. The number of ether oxygens (including phenoxy) is 1. The summed E-state index contributed by atoms with van der Waals surface area (Å²) in [5, 5.41) is 0. The van der Waals surface area contributed by atoms with Crippen LogP contribution < -0.4 is 4.74 Å². The molecule has 4 nitrogen and oxygen atoms in total. The highest BCUT2D eigenvalue weighted by atomic mass is 16.5. The number of carbonyl (C=O) groups is 1. The highest BCUT2D eigenvalue weighted by Gasteiger charge is 2.18. The molecule has 1 heterocycles. The van der Waals surface area contributed by atoms with Crippen molar-refractivity contribution in [1.29, 1.82) is 0 Å². The van der Waals surface area contributed by atoms with E-state index < -0.39 is 0 Å². The fourth-order valence-electron chi connectivity index (χ4n) is 2.46. The maximum Gasteiger partial charge on any atom is 0.176 e. The van der Waals surface area contributed by atoms with Gasteiger partial charge in [0, 0.05) is 31.7 Å². The van der Waals surface area contributed by atoms with Crippen LogP contribution in [0.4, 0.5) is 0 Å². The van der Waals surface area contributed by atoms with Crippen LogP contribution in [0, 0.1) is 0 Å². The number of ketones is 1. The van der Waals surface area contributed by atoms with E-state index in [4.69, 9.17) is 4.74 Å². The fourth-order valence-corrected chi connectivity index (χ4v) is 2.46. The molecule has 0 saturated carbocycles. The molecule has 1 aliphatic heterocycles. The van der Waals surface area contributed by atoms with Gasteiger partial charge < -0.3 is 9.64 Å². The number of benzene rings is 1. The zero-order chi connectivity index (χ0) is 14.4. The van der Waals surface area contributed by atoms with E-state index in [2.05, 4.69) is 16.7 Å². The summed E-state index contributed by atoms with van der Waals surface area (Å²) in [4.78, 5) is 16.9. The van der Waals surface area contributed by atoms with Gasteiger partial charge in [-0.25, -0.2) is 0 Å². The Hall–Kier alpha value is -1.39. The smallest absolute Gasteiger partial charge is 0.176 e. The molecular weight excluding hydrogens is 252 g/mol. The summed E-state index contributed by atoms with van der Waals surface area (Å²) in [7, 11) is 0. The first-order valence-corrected chi connectivity index (χ1v) is 7.43. The SMILES string of the molecule is CCOc1ccc(C(=O)CN2CCN(CC)CC2)cc1. The third kappa shape index (κ3) is 4.05. The molecule has 0 aromatic heterocycles. The highest BCUT2D eigenvalue weighted by molar-refractivity contribution is 5.97. The second-order valence-electron chi connectivity index (χ2n) is 5.09. The number of piperazine rings is 1. The Labute approximate surface area is 121 Å². The average Bonchev–Trinajstić information content (AvgIpc) is 2.49. The number of rotatable bonds is 6. The van der Waals surface area contributed by atoms with Crippen molar-refractivity contribution in [3.05, 3.63) is 29.8 Å². The van der Waals surface area contributed by atoms with Crippen LogP contribution in [-0.4, -0.2) is 61.5 Å². The van der Waals surface area contributed by atoms with Crippen molar-refractivity contribution in [3.8, 4) is 5.75 Å². The molecule has 20 heavy (non-hydrogen) atoms. The maximum atomic E-state index is 12.2. The lowest BCUT2D eigenvalue weighted by molar-refractivity contribution is 0.0859. The molecule has 0 radical (unpaired) electrons. The van der Waals surface area contributed by atoms with Crippen LogP contribution in [0.5, 0.6) is 5.75 Å². The molecule has 1 fully saturated rings. The molecule has 1 aromatic rings. The first kappa shape index (κ1) is 15.0. The Morgan fingerprint density at radius 1 is 1.05 bits per heavy atom. The molecule has 110 valence electrons. The van der Waals surface area contributed by atoms with Gasteiger partial charge in [0.15, 0.2) is 5.78 Å². The molecule has 1 aliphatic rings. The van der Waals surface area contributed by atoms with Crippen LogP contribution in [0.3, 0.4) is 0 Å². The number of hydrogen-bond acceptors (Lipinski definition) is 4. The van der Waals surface area contributed by atoms with Crippen LogP contribution in [-0.2, 0) is 0 Å². The van der Waals surface area contributed by atoms with Gasteiger partial charge in [0.1, 0.15) is 5.75 Å². The molecule has 2 rings (SSSR count). The second kappa shape index (κ2) is 7.41. The average molecular weight is 276 g/mol. The van der Waals surface area contributed by atoms with Crippen molar-refractivity contribution in [2.75, 3.05) is 45.9 Å². The third-order valence-corrected chi connectivity index (χ3v) is 3.77. The van der Waals surface area contributed by atoms with Gasteiger partial charge in [-0.15, -0.1) is 0 Å². The molecule has 0 unspecified atom stereocenters. The Morgan fingerprint density at radius 3 is 2.20 bits per heavy atom. The monoisotopic (exact) mass is 276 g/mol. The van der Waals surface area contributed by atoms with Crippen molar-refractivity contribution < 1.29 is 9.53 Å². The first-order chi connectivity index (χ1) is 9.72. The highest BCUT2D eigenvalue weighted by Crippen LogP contribution is 2.13. The number of likely N-dealkylation sites (N-methyl/N-ethyl adjacent to an activating group) is 1. The molecule has 1 aromatic carbocycles. The Kier molecular flexibility index (Phi) is 5.56. The fraction of sp³-hybridized carbons (Fsp3) is 0.562. The van der Waals surface area contributed by atoms with Crippen molar-refractivity contribution >= 4 is 5.78 Å². The minimum absolute atomic E-state index is 0.193. The molecule has 0 spiro atoms. The van der Waals surface area contributed by atoms with Gasteiger partial charge >= 0.3 is 0 Å². The molecule has 0 amide bonds. The zero-order valence-corrected chi connectivity index (χ0v) is 12.5. The lowest BCUT2D eigenvalue weighted by Gasteiger charge is -2.33. The van der Waals surface area contributed by atoms with Crippen LogP contribution in [0.25, 0.3) is 0 Å². The number of carbonyl (C=O) groups excluding carboxylic acids is 1. The Bertz CT molecular complexity index is 423. The number of hydrogen-bond donors (Lipinski definition) is 0. The predicted molar refractivity (Wildman–Crippen MR) is 80.5 cm³/mol. The third-order valence-electron chi connectivity index (χ3n) is 3.77. The molecule has 0 bridgehead atoms. The van der Waals surface area contributed by atoms with E-state index in [1.165, 1.54) is 0 Å². The van der Waals surface area contributed by atoms with E-state index >= 15 is 0 Å². The largest absolute Gasteiger partial charge is 0.494 e. The summed E-state index contributed by atoms with van der Waals surface area (Å²) in [6.45, 7) is 10.5. The van der Waals surface area contributed by atoms with Gasteiger partial charge in [0.2, 0.25) is 0 Å². The van der Waals surface area contributed by atoms with E-state index in [-0.39, 0.29) is 5.78 Å². The van der Waals surface area contributed by atoms with E-state index in [1.807, 2.05) is 31.2 Å². The minimum Gasteiger partial charge on any atom is -0.494 e. The van der Waals surface area contributed by atoms with E-state index in [0.717, 1.165) is 44.0 Å². The predicted octanol–water partition coefficient (Wildman–Crippen LogP) is 1.91. The van der Waals surface area contributed by atoms with Crippen LogP contribution in [0.15, 0.2) is 24.3 Å². The van der Waals surface area contributed by atoms with Crippen molar-refractivity contribution in [2.45, 2.75) is 13.8 Å². The number of nitrogens with zero attached hydrogens (tertiary/aromatic N) is 2. The Morgan fingerprint density at radius 2 is 1.65 bits per heavy atom. The van der Waals surface area contributed by atoms with Crippen LogP contribution >= 0.6 is 0 Å². The first-order valence-electron chi connectivity index (χ1n) is 7.43. The summed E-state index contributed by atoms with van der Waals surface area (Å²) in [5.74, 6) is 1.01. The summed E-state index contributed by atoms with van der Waals surface area (Å²) in [6, 6.07) is 7.45. The van der Waals surface area contributed by atoms with Crippen molar-refractivity contribution in [1.82, 2.24) is 9.80 Å². The molecular formula is C16H24N2O2. The van der Waals surface area contributed by atoms with Crippen LogP contribution in [0.1, 0.15) is 24.2 Å². The number of Topliss-reactive ketones (excluding diaryl/α,β-unsaturated/α-hetero) is 1. The molecule has 0 N–H and O–H groups in total. The standard InChI is InChI=1S/C16H24N2O2/c1-3-17-9-11-18(12-10-17)13-16(19)14-5-7-15(8-6-14)20-4-2/h5-8H,3-4,9-13H2,1-2H3. The summed E-state index contributed by atoms with van der Waals surface area (Å²) >= 11 is 0. The molecule has 4 heteroatoms. The van der Waals surface area contributed by atoms with E-state index in [0.29, 0.717) is 13.2 Å². The minimum atomic E-state index is 0.193.